The molecule has 0 spiro atoms. The van der Waals surface area contributed by atoms with Crippen molar-refractivity contribution in [3.63, 3.8) is 0 Å². The van der Waals surface area contributed by atoms with E-state index in [9.17, 15) is 14.4 Å². The summed E-state index contributed by atoms with van der Waals surface area (Å²) in [5.41, 5.74) is 0.600. The number of rotatable bonds is 5. The molecule has 0 N–H and O–H groups in total. The van der Waals surface area contributed by atoms with Crippen molar-refractivity contribution in [3.8, 4) is 0 Å². The van der Waals surface area contributed by atoms with Gasteiger partial charge in [-0.05, 0) is 19.1 Å². The average molecular weight is 331 g/mol. The Morgan fingerprint density at radius 3 is 2.13 bits per heavy atom. The van der Waals surface area contributed by atoms with Crippen LogP contribution in [0.1, 0.15) is 37.9 Å². The van der Waals surface area contributed by atoms with E-state index < -0.39 is 12.1 Å². The Morgan fingerprint density at radius 1 is 1.00 bits per heavy atom. The summed E-state index contributed by atoms with van der Waals surface area (Å²) in [6.45, 7) is 1.43. The van der Waals surface area contributed by atoms with Crippen LogP contribution in [0.25, 0.3) is 0 Å². The van der Waals surface area contributed by atoms with Crippen LogP contribution < -0.4 is 0 Å². The molecule has 5 nitrogen and oxygen atoms in total. The smallest absolute Gasteiger partial charge is 0.349 e. The maximum absolute atomic E-state index is 12.3. The van der Waals surface area contributed by atoms with Gasteiger partial charge in [0.2, 0.25) is 6.10 Å². The van der Waals surface area contributed by atoms with Crippen LogP contribution in [0, 0.1) is 0 Å². The molecule has 0 bridgehead atoms. The van der Waals surface area contributed by atoms with Gasteiger partial charge in [-0.25, -0.2) is 4.79 Å². The molecule has 6 heteroatoms. The molecule has 0 radical (unpaired) electrons. The number of Topliss-reactive ketones (excluding diaryl/α,β-unsaturated/α-hetero) is 1. The molecular formula is C17H17NO4S. The SMILES string of the molecule is CC(=O)c1ccc(C(=O)OC(C(=O)N(C)C)c2ccccc2)s1. The summed E-state index contributed by atoms with van der Waals surface area (Å²) in [7, 11) is 3.20. The quantitative estimate of drug-likeness (QED) is 0.624. The molecule has 0 aliphatic carbocycles. The number of thiophene rings is 1. The Bertz CT molecular complexity index is 721. The maximum atomic E-state index is 12.3. The molecule has 1 heterocycles. The van der Waals surface area contributed by atoms with Gasteiger partial charge in [0.15, 0.2) is 5.78 Å². The third-order valence-corrected chi connectivity index (χ3v) is 4.31. The number of amides is 1. The van der Waals surface area contributed by atoms with E-state index in [0.717, 1.165) is 11.3 Å². The predicted octanol–water partition coefficient (Wildman–Crippen LogP) is 2.94. The van der Waals surface area contributed by atoms with Crippen LogP contribution in [-0.4, -0.2) is 36.7 Å². The zero-order valence-corrected chi connectivity index (χ0v) is 13.9. The second kappa shape index (κ2) is 7.19. The Morgan fingerprint density at radius 2 is 1.61 bits per heavy atom. The van der Waals surface area contributed by atoms with E-state index in [0.29, 0.717) is 15.3 Å². The van der Waals surface area contributed by atoms with Gasteiger partial charge in [-0.3, -0.25) is 9.59 Å². The van der Waals surface area contributed by atoms with E-state index in [1.165, 1.54) is 17.9 Å². The molecule has 1 atom stereocenters. The van der Waals surface area contributed by atoms with Crippen molar-refractivity contribution in [1.82, 2.24) is 4.90 Å². The number of hydrogen-bond acceptors (Lipinski definition) is 5. The standard InChI is InChI=1S/C17H17NO4S/c1-11(19)13-9-10-14(23-13)17(21)22-15(16(20)18(2)3)12-7-5-4-6-8-12/h4-10,15H,1-3H3. The summed E-state index contributed by atoms with van der Waals surface area (Å²) in [5, 5.41) is 0. The van der Waals surface area contributed by atoms with Gasteiger partial charge in [-0.1, -0.05) is 30.3 Å². The van der Waals surface area contributed by atoms with E-state index in [1.807, 2.05) is 6.07 Å². The van der Waals surface area contributed by atoms with Gasteiger partial charge >= 0.3 is 5.97 Å². The van der Waals surface area contributed by atoms with Crippen LogP contribution in [0.3, 0.4) is 0 Å². The van der Waals surface area contributed by atoms with Crippen LogP contribution in [0.2, 0.25) is 0 Å². The molecule has 0 aliphatic heterocycles. The highest BCUT2D eigenvalue weighted by molar-refractivity contribution is 7.15. The van der Waals surface area contributed by atoms with Crippen molar-refractivity contribution < 1.29 is 19.1 Å². The monoisotopic (exact) mass is 331 g/mol. The number of likely N-dealkylation sites (N-methyl/N-ethyl adjacent to an activating group) is 1. The van der Waals surface area contributed by atoms with Gasteiger partial charge in [0.1, 0.15) is 4.88 Å². The topological polar surface area (TPSA) is 63.7 Å². The summed E-state index contributed by atoms with van der Waals surface area (Å²) in [5.74, 6) is -1.06. The number of benzene rings is 1. The Hall–Kier alpha value is -2.47. The van der Waals surface area contributed by atoms with E-state index in [-0.39, 0.29) is 11.7 Å². The fourth-order valence-electron chi connectivity index (χ4n) is 1.93. The van der Waals surface area contributed by atoms with Crippen molar-refractivity contribution in [3.05, 3.63) is 57.8 Å². The van der Waals surface area contributed by atoms with Gasteiger partial charge in [-0.15, -0.1) is 11.3 Å². The molecule has 0 saturated carbocycles. The molecule has 1 aromatic heterocycles. The van der Waals surface area contributed by atoms with Crippen molar-refractivity contribution in [2.24, 2.45) is 0 Å². The average Bonchev–Trinajstić information content (AvgIpc) is 3.03. The van der Waals surface area contributed by atoms with Gasteiger partial charge in [0, 0.05) is 19.7 Å². The maximum Gasteiger partial charge on any atom is 0.349 e. The van der Waals surface area contributed by atoms with Crippen molar-refractivity contribution >= 4 is 29.0 Å². The zero-order valence-electron chi connectivity index (χ0n) is 13.1. The second-order valence-corrected chi connectivity index (χ2v) is 6.23. The van der Waals surface area contributed by atoms with Gasteiger partial charge < -0.3 is 9.64 Å². The van der Waals surface area contributed by atoms with Crippen LogP contribution in [0.15, 0.2) is 42.5 Å². The molecule has 2 aromatic rings. The minimum absolute atomic E-state index is 0.113. The number of esters is 1. The Labute approximate surface area is 138 Å². The molecule has 1 unspecified atom stereocenters. The first-order chi connectivity index (χ1) is 10.9. The van der Waals surface area contributed by atoms with Gasteiger partial charge in [0.05, 0.1) is 4.88 Å². The largest absolute Gasteiger partial charge is 0.443 e. The summed E-state index contributed by atoms with van der Waals surface area (Å²) in [4.78, 5) is 38.1. The summed E-state index contributed by atoms with van der Waals surface area (Å²) in [6, 6.07) is 11.9. The number of nitrogens with zero attached hydrogens (tertiary/aromatic N) is 1. The lowest BCUT2D eigenvalue weighted by Crippen LogP contribution is -2.31. The molecule has 0 saturated heterocycles. The first-order valence-corrected chi connectivity index (χ1v) is 7.79. The highest BCUT2D eigenvalue weighted by atomic mass is 32.1. The predicted molar refractivity (Wildman–Crippen MR) is 87.6 cm³/mol. The minimum atomic E-state index is -1.01. The first kappa shape index (κ1) is 16.9. The Balaban J connectivity index is 2.25. The highest BCUT2D eigenvalue weighted by Gasteiger charge is 2.27. The number of ether oxygens (including phenoxy) is 1. The third-order valence-electron chi connectivity index (χ3n) is 3.15. The van der Waals surface area contributed by atoms with Crippen LogP contribution in [0.4, 0.5) is 0 Å². The normalized spacial score (nSPS) is 11.6. The zero-order chi connectivity index (χ0) is 17.0. The molecule has 2 rings (SSSR count). The number of hydrogen-bond donors (Lipinski definition) is 0. The van der Waals surface area contributed by atoms with Gasteiger partial charge in [-0.2, -0.15) is 0 Å². The number of carbonyl (C=O) groups is 3. The fourth-order valence-corrected chi connectivity index (χ4v) is 2.71. The van der Waals surface area contributed by atoms with E-state index in [4.69, 9.17) is 4.74 Å². The number of carbonyl (C=O) groups excluding carboxylic acids is 3. The molecule has 1 amide bonds. The summed E-state index contributed by atoms with van der Waals surface area (Å²) in [6.07, 6.45) is -1.01. The lowest BCUT2D eigenvalue weighted by molar-refractivity contribution is -0.138. The molecule has 0 fully saturated rings. The Kier molecular flexibility index (Phi) is 5.28. The van der Waals surface area contributed by atoms with Crippen LogP contribution in [0.5, 0.6) is 0 Å². The first-order valence-electron chi connectivity index (χ1n) is 6.98. The highest BCUT2D eigenvalue weighted by Crippen LogP contribution is 2.24. The van der Waals surface area contributed by atoms with E-state index >= 15 is 0 Å². The lowest BCUT2D eigenvalue weighted by atomic mass is 10.1. The molecule has 0 aliphatic rings. The van der Waals surface area contributed by atoms with Crippen molar-refractivity contribution in [1.29, 1.82) is 0 Å². The number of ketones is 1. The molecule has 1 aromatic carbocycles. The minimum Gasteiger partial charge on any atom is -0.443 e. The molecule has 23 heavy (non-hydrogen) atoms. The second-order valence-electron chi connectivity index (χ2n) is 5.15. The fraction of sp³-hybridized carbons (Fsp3) is 0.235. The third kappa shape index (κ3) is 4.04. The van der Waals surface area contributed by atoms with Crippen molar-refractivity contribution in [2.75, 3.05) is 14.1 Å². The summed E-state index contributed by atoms with van der Waals surface area (Å²) >= 11 is 1.06. The van der Waals surface area contributed by atoms with Crippen LogP contribution in [-0.2, 0) is 9.53 Å². The van der Waals surface area contributed by atoms with Crippen molar-refractivity contribution in [2.45, 2.75) is 13.0 Å². The van der Waals surface area contributed by atoms with Crippen LogP contribution >= 0.6 is 11.3 Å². The molecule has 120 valence electrons. The lowest BCUT2D eigenvalue weighted by Gasteiger charge is -2.20. The molecular weight excluding hydrogens is 314 g/mol. The summed E-state index contributed by atoms with van der Waals surface area (Å²) < 4.78 is 5.41. The van der Waals surface area contributed by atoms with E-state index in [1.54, 1.807) is 44.4 Å². The van der Waals surface area contributed by atoms with E-state index in [2.05, 4.69) is 0 Å². The van der Waals surface area contributed by atoms with Gasteiger partial charge in [0.25, 0.3) is 5.91 Å².